The number of ether oxygens (including phenoxy) is 18. The Morgan fingerprint density at radius 3 is 0.881 bits per heavy atom. The maximum Gasteiger partial charge on any atom is 0.163 e. The van der Waals surface area contributed by atoms with E-state index in [1.165, 1.54) is 0 Å². The van der Waals surface area contributed by atoms with Crippen molar-refractivity contribution in [2.24, 2.45) is 29.1 Å². The highest BCUT2D eigenvalue weighted by molar-refractivity contribution is 5.80. The Bertz CT molecular complexity index is 2090. The first-order valence-electron chi connectivity index (χ1n) is 39.2. The Morgan fingerprint density at radius 2 is 0.624 bits per heavy atom. The monoisotopic (exact) mass is 1580 g/mol. The zero-order valence-electron chi connectivity index (χ0n) is 66.1. The minimum atomic E-state index is -1.20. The highest BCUT2D eigenvalue weighted by atomic mass is 16.7. The Morgan fingerprint density at radius 1 is 0.358 bits per heavy atom. The first-order valence-corrected chi connectivity index (χ1v) is 39.2. The van der Waals surface area contributed by atoms with Gasteiger partial charge in [-0.25, -0.2) is 0 Å². The number of Topliss-reactive ketones (excluding diaryl/α,β-unsaturated/α-hetero) is 4. The number of H-pyrrole nitrogens is 1. The highest BCUT2D eigenvalue weighted by Gasteiger charge is 2.45. The molecule has 4 rings (SSSR count). The van der Waals surface area contributed by atoms with Crippen molar-refractivity contribution in [1.29, 1.82) is 0 Å². The molecular weight excluding hydrogens is 1440 g/mol. The molecule has 1 aromatic heterocycles. The van der Waals surface area contributed by atoms with Crippen LogP contribution in [-0.4, -0.2) is 357 Å². The van der Waals surface area contributed by atoms with Crippen LogP contribution in [0, 0.1) is 29.1 Å². The van der Waals surface area contributed by atoms with E-state index in [4.69, 9.17) is 85.3 Å². The molecule has 0 spiro atoms. The number of nitrogens with one attached hydrogen (secondary N) is 1. The molecule has 34 nitrogen and oxygen atoms in total. The molecule has 640 valence electrons. The van der Waals surface area contributed by atoms with Gasteiger partial charge in [-0.2, -0.15) is 15.4 Å². The molecule has 3 fully saturated rings. The average molecular weight is 1580 g/mol. The number of aromatic amines is 1. The van der Waals surface area contributed by atoms with Crippen molar-refractivity contribution in [3.63, 3.8) is 0 Å². The molecule has 3 aliphatic heterocycles. The highest BCUT2D eigenvalue weighted by Crippen LogP contribution is 2.31. The van der Waals surface area contributed by atoms with Crippen molar-refractivity contribution in [1.82, 2.24) is 15.4 Å². The minimum absolute atomic E-state index is 0.00768. The quantitative estimate of drug-likeness (QED) is 0.0417. The van der Waals surface area contributed by atoms with Crippen LogP contribution in [0.2, 0.25) is 0 Å². The number of ketones is 4. The summed E-state index contributed by atoms with van der Waals surface area (Å²) in [4.78, 5) is 52.7. The summed E-state index contributed by atoms with van der Waals surface area (Å²) in [6, 6.07) is 0. The number of aromatic nitrogens is 3. The molecule has 0 amide bonds. The summed E-state index contributed by atoms with van der Waals surface area (Å²) in [5.41, 5.74) is -0.983. The van der Waals surface area contributed by atoms with Crippen LogP contribution in [0.25, 0.3) is 0 Å². The van der Waals surface area contributed by atoms with Gasteiger partial charge in [0.25, 0.3) is 0 Å². The summed E-state index contributed by atoms with van der Waals surface area (Å²) in [5, 5.41) is 98.2. The number of hydrogen-bond donors (Lipinski definition) is 10. The third-order valence-electron chi connectivity index (χ3n) is 17.6. The zero-order valence-corrected chi connectivity index (χ0v) is 66.1. The van der Waals surface area contributed by atoms with E-state index in [-0.39, 0.29) is 147 Å². The van der Waals surface area contributed by atoms with Crippen LogP contribution in [0.5, 0.6) is 0 Å². The minimum Gasteiger partial charge on any atom is -0.394 e. The van der Waals surface area contributed by atoms with E-state index in [9.17, 15) is 65.1 Å². The van der Waals surface area contributed by atoms with E-state index in [0.717, 1.165) is 31.6 Å². The second-order valence-corrected chi connectivity index (χ2v) is 28.1. The van der Waals surface area contributed by atoms with Crippen LogP contribution < -0.4 is 0 Å². The fraction of sp³-hybridized carbons (Fsp3) is 0.920. The molecule has 3 saturated heterocycles. The largest absolute Gasteiger partial charge is 0.394 e. The first-order chi connectivity index (χ1) is 52.6. The van der Waals surface area contributed by atoms with E-state index in [2.05, 4.69) is 43.1 Å². The summed E-state index contributed by atoms with van der Waals surface area (Å²) < 4.78 is 102. The van der Waals surface area contributed by atoms with E-state index in [0.29, 0.717) is 125 Å². The van der Waals surface area contributed by atoms with Crippen LogP contribution in [-0.2, 0) is 104 Å². The van der Waals surface area contributed by atoms with Crippen molar-refractivity contribution in [2.75, 3.05) is 198 Å². The van der Waals surface area contributed by atoms with E-state index < -0.39 is 117 Å². The Kier molecular flexibility index (Phi) is 61.6. The maximum absolute atomic E-state index is 13.7. The van der Waals surface area contributed by atoms with Gasteiger partial charge >= 0.3 is 0 Å². The molecule has 0 aliphatic carbocycles. The summed E-state index contributed by atoms with van der Waals surface area (Å²) in [5.74, 6) is -0.711. The lowest BCUT2D eigenvalue weighted by Gasteiger charge is -2.40. The molecule has 0 radical (unpaired) electrons. The van der Waals surface area contributed by atoms with Gasteiger partial charge < -0.3 is 131 Å². The van der Waals surface area contributed by atoms with Gasteiger partial charge in [0.1, 0.15) is 59.8 Å². The molecule has 10 N–H and O–H groups in total. The van der Waals surface area contributed by atoms with E-state index in [1.807, 2.05) is 0 Å². The van der Waals surface area contributed by atoms with Crippen molar-refractivity contribution >= 4 is 23.1 Å². The third-order valence-corrected chi connectivity index (χ3v) is 17.6. The average Bonchev–Trinajstić information content (AvgIpc) is 0.869. The molecule has 0 saturated carbocycles. The topological polar surface area (TPSA) is 458 Å². The molecule has 0 bridgehead atoms. The number of carbonyl (C=O) groups is 4. The number of nitrogens with zero attached hydrogens (tertiary/aromatic N) is 2. The molecule has 109 heavy (non-hydrogen) atoms. The number of hydrogen-bond acceptors (Lipinski definition) is 33. The van der Waals surface area contributed by atoms with Gasteiger partial charge in [0.05, 0.1) is 209 Å². The summed E-state index contributed by atoms with van der Waals surface area (Å²) in [6.45, 7) is 18.8. The van der Waals surface area contributed by atoms with Crippen molar-refractivity contribution < 1.29 is 150 Å². The number of unbranched alkanes of at least 4 members (excludes halogenated alkanes) is 3. The second-order valence-electron chi connectivity index (χ2n) is 28.1. The summed E-state index contributed by atoms with van der Waals surface area (Å²) in [6.07, 6.45) is -2.13. The zero-order chi connectivity index (χ0) is 80.1. The number of aliphatic hydroxyl groups is 9. The fourth-order valence-corrected chi connectivity index (χ4v) is 11.1. The SMILES string of the molecule is CC(C)C.CCCCCCC(=O)CC(COCCC(=O)CCCOCCOCCOCCOC1OC(CO)C(O)C(O)C1C)(COCCC(=O)CCCOCCOCCOCCOC1OC(CO)C(O)C(O)C1C)COCCC(=O)CCCOCCOCCOCCOC1OC(CO)C(O)C(O)C1C.c1cn[nH]n1. The van der Waals surface area contributed by atoms with Crippen LogP contribution in [0.15, 0.2) is 12.4 Å². The van der Waals surface area contributed by atoms with Crippen LogP contribution in [0.1, 0.15) is 145 Å². The standard InChI is InChI=1S/C69H126O31.C4H10.C2H3N3/c1-5-6-7-8-12-56(76)43-69(47-92-22-16-53(73)13-9-19-83-25-28-86-31-34-89-37-40-95-66-50(2)60(77)63(80)57(44-70)98-66,48-93-23-17-54(74)14-10-20-84-26-29-87-32-35-90-38-41-96-67-51(3)61(78)64(81)58(45-71)99-67)49-94-24-18-55(75)15-11-21-85-27-30-88-33-36-91-39-42-97-68-52(4)62(79)65(82)59(46-72)100-68;1-4(2)3;1-2-4-5-3-1/h50-52,57-68,70-72,77-82H,5-49H2,1-4H3;4H,1-3H3;1-2H,(H,3,4,5). The van der Waals surface area contributed by atoms with Crippen molar-refractivity contribution in [3.8, 4) is 0 Å². The van der Waals surface area contributed by atoms with Gasteiger partial charge in [-0.15, -0.1) is 0 Å². The summed E-state index contributed by atoms with van der Waals surface area (Å²) >= 11 is 0. The Labute approximate surface area is 644 Å². The van der Waals surface area contributed by atoms with Gasteiger partial charge in [-0.1, -0.05) is 67.7 Å². The van der Waals surface area contributed by atoms with Crippen LogP contribution >= 0.6 is 0 Å². The number of carbonyl (C=O) groups excluding carboxylic acids is 4. The van der Waals surface area contributed by atoms with E-state index in [1.54, 1.807) is 33.2 Å². The van der Waals surface area contributed by atoms with Crippen molar-refractivity contribution in [3.05, 3.63) is 12.4 Å². The molecule has 15 atom stereocenters. The van der Waals surface area contributed by atoms with Gasteiger partial charge in [-0.3, -0.25) is 19.2 Å². The molecular formula is C75H139N3O31. The molecule has 15 unspecified atom stereocenters. The number of aliphatic hydroxyl groups excluding tert-OH is 9. The predicted octanol–water partition coefficient (Wildman–Crippen LogP) is 2.06. The Hall–Kier alpha value is -3.26. The lowest BCUT2D eigenvalue weighted by Crippen LogP contribution is -2.55. The van der Waals surface area contributed by atoms with Gasteiger partial charge in [0.15, 0.2) is 18.9 Å². The van der Waals surface area contributed by atoms with Crippen molar-refractivity contribution in [2.45, 2.75) is 219 Å². The normalized spacial score (nSPS) is 24.8. The molecule has 0 aromatic carbocycles. The molecule has 34 heteroatoms. The van der Waals surface area contributed by atoms with Crippen LogP contribution in [0.4, 0.5) is 0 Å². The fourth-order valence-electron chi connectivity index (χ4n) is 11.1. The first kappa shape index (κ1) is 102. The lowest BCUT2D eigenvalue weighted by atomic mass is 9.84. The molecule has 1 aromatic rings. The van der Waals surface area contributed by atoms with Gasteiger partial charge in [0, 0.05) is 94.4 Å². The van der Waals surface area contributed by atoms with Gasteiger partial charge in [0.2, 0.25) is 0 Å². The van der Waals surface area contributed by atoms with Gasteiger partial charge in [-0.05, 0) is 31.6 Å². The number of rotatable bonds is 67. The predicted molar refractivity (Wildman–Crippen MR) is 393 cm³/mol. The maximum atomic E-state index is 13.7. The molecule has 3 aliphatic rings. The molecule has 4 heterocycles. The smallest absolute Gasteiger partial charge is 0.163 e. The second kappa shape index (κ2) is 65.9. The Balaban J connectivity index is 0.00000418. The lowest BCUT2D eigenvalue weighted by molar-refractivity contribution is -0.284. The summed E-state index contributed by atoms with van der Waals surface area (Å²) in [7, 11) is 0. The van der Waals surface area contributed by atoms with Crippen LogP contribution in [0.3, 0.4) is 0 Å². The van der Waals surface area contributed by atoms with E-state index >= 15 is 0 Å². The third kappa shape index (κ3) is 48.7.